The predicted molar refractivity (Wildman–Crippen MR) is 93.8 cm³/mol. The summed E-state index contributed by atoms with van der Waals surface area (Å²) in [4.78, 5) is 39.8. The number of hydrogen-bond acceptors (Lipinski definition) is 4. The second-order valence-corrected chi connectivity index (χ2v) is 6.78. The van der Waals surface area contributed by atoms with E-state index in [1.807, 2.05) is 18.0 Å². The van der Waals surface area contributed by atoms with Crippen LogP contribution in [0.5, 0.6) is 0 Å². The van der Waals surface area contributed by atoms with Crippen LogP contribution < -0.4 is 10.2 Å². The van der Waals surface area contributed by atoms with Gasteiger partial charge in [-0.15, -0.1) is 0 Å². The minimum Gasteiger partial charge on any atom is -0.481 e. The molecule has 0 unspecified atom stereocenters. The van der Waals surface area contributed by atoms with Crippen molar-refractivity contribution in [2.24, 2.45) is 5.92 Å². The maximum absolute atomic E-state index is 12.9. The number of amides is 2. The normalized spacial score (nSPS) is 23.5. The number of piperidine rings is 1. The zero-order valence-electron chi connectivity index (χ0n) is 14.5. The van der Waals surface area contributed by atoms with Crippen molar-refractivity contribution in [3.05, 3.63) is 23.8 Å². The van der Waals surface area contributed by atoms with Gasteiger partial charge in [-0.3, -0.25) is 14.4 Å². The lowest BCUT2D eigenvalue weighted by atomic mass is 9.90. The molecule has 25 heavy (non-hydrogen) atoms. The third-order valence-electron chi connectivity index (χ3n) is 5.17. The van der Waals surface area contributed by atoms with Crippen molar-refractivity contribution in [1.82, 2.24) is 4.90 Å². The molecule has 1 fully saturated rings. The fourth-order valence-corrected chi connectivity index (χ4v) is 3.63. The van der Waals surface area contributed by atoms with Gasteiger partial charge < -0.3 is 20.2 Å². The van der Waals surface area contributed by atoms with E-state index in [2.05, 4.69) is 5.32 Å². The summed E-state index contributed by atoms with van der Waals surface area (Å²) in [5.74, 6) is -1.67. The lowest BCUT2D eigenvalue weighted by molar-refractivity contribution is -0.145. The molecule has 2 aliphatic rings. The molecule has 0 radical (unpaired) electrons. The number of likely N-dealkylation sites (tertiary alicyclic amines) is 1. The van der Waals surface area contributed by atoms with E-state index in [9.17, 15) is 19.5 Å². The molecule has 2 atom stereocenters. The van der Waals surface area contributed by atoms with Gasteiger partial charge in [0.25, 0.3) is 5.91 Å². The summed E-state index contributed by atoms with van der Waals surface area (Å²) in [5.41, 5.74) is 1.96. The number of aliphatic carboxylic acids is 1. The van der Waals surface area contributed by atoms with Crippen molar-refractivity contribution in [3.63, 3.8) is 0 Å². The maximum Gasteiger partial charge on any atom is 0.308 e. The van der Waals surface area contributed by atoms with Crippen LogP contribution in [0.2, 0.25) is 0 Å². The maximum atomic E-state index is 12.9. The van der Waals surface area contributed by atoms with Gasteiger partial charge in [0.1, 0.15) is 0 Å². The van der Waals surface area contributed by atoms with Crippen molar-refractivity contribution in [2.75, 3.05) is 30.4 Å². The van der Waals surface area contributed by atoms with E-state index in [0.29, 0.717) is 43.6 Å². The Hall–Kier alpha value is -2.57. The Labute approximate surface area is 146 Å². The zero-order valence-corrected chi connectivity index (χ0v) is 14.5. The first-order valence-corrected chi connectivity index (χ1v) is 8.57. The van der Waals surface area contributed by atoms with Crippen LogP contribution in [0, 0.1) is 5.92 Å². The lowest BCUT2D eigenvalue weighted by Crippen LogP contribution is -2.49. The van der Waals surface area contributed by atoms with E-state index in [1.54, 1.807) is 24.0 Å². The molecule has 0 aromatic heterocycles. The average Bonchev–Trinajstić information content (AvgIpc) is 2.72. The summed E-state index contributed by atoms with van der Waals surface area (Å²) in [5, 5.41) is 12.2. The second kappa shape index (κ2) is 6.74. The molecule has 0 saturated carbocycles. The van der Waals surface area contributed by atoms with Gasteiger partial charge in [-0.2, -0.15) is 0 Å². The number of benzene rings is 1. The first-order valence-electron chi connectivity index (χ1n) is 8.57. The number of nitrogens with zero attached hydrogens (tertiary/aromatic N) is 2. The molecule has 2 aliphatic heterocycles. The van der Waals surface area contributed by atoms with Crippen LogP contribution in [0.1, 0.15) is 36.5 Å². The fraction of sp³-hybridized carbons (Fsp3) is 0.500. The van der Waals surface area contributed by atoms with Gasteiger partial charge in [0.15, 0.2) is 0 Å². The highest BCUT2D eigenvalue weighted by atomic mass is 16.4. The molecule has 1 aromatic rings. The molecule has 3 rings (SSSR count). The molecule has 2 amide bonds. The molecule has 2 heterocycles. The van der Waals surface area contributed by atoms with Gasteiger partial charge in [0, 0.05) is 38.2 Å². The quantitative estimate of drug-likeness (QED) is 0.853. The topological polar surface area (TPSA) is 90.0 Å². The molecule has 0 bridgehead atoms. The number of carboxylic acid groups (broad SMARTS) is 1. The molecule has 0 spiro atoms. The van der Waals surface area contributed by atoms with Gasteiger partial charge in [-0.1, -0.05) is 0 Å². The second-order valence-electron chi connectivity index (χ2n) is 6.78. The fourth-order valence-electron chi connectivity index (χ4n) is 3.63. The number of anilines is 2. The van der Waals surface area contributed by atoms with Crippen LogP contribution in [0.15, 0.2) is 18.2 Å². The van der Waals surface area contributed by atoms with Crippen LogP contribution >= 0.6 is 0 Å². The summed E-state index contributed by atoms with van der Waals surface area (Å²) in [6.45, 7) is 2.96. The monoisotopic (exact) mass is 345 g/mol. The van der Waals surface area contributed by atoms with Crippen molar-refractivity contribution in [2.45, 2.75) is 32.2 Å². The van der Waals surface area contributed by atoms with E-state index >= 15 is 0 Å². The Bertz CT molecular complexity index is 718. The van der Waals surface area contributed by atoms with Gasteiger partial charge in [-0.05, 0) is 38.0 Å². The number of carbonyl (C=O) groups is 3. The summed E-state index contributed by atoms with van der Waals surface area (Å²) in [7, 11) is 1.91. The summed E-state index contributed by atoms with van der Waals surface area (Å²) in [6, 6.07) is 4.91. The van der Waals surface area contributed by atoms with E-state index in [0.717, 1.165) is 5.69 Å². The SMILES string of the molecule is C[C@@H]1[C@H](C(=O)O)CCCN1C(=O)c1ccc2c(c1)NC(=O)CCN2C. The Kier molecular flexibility index (Phi) is 4.65. The first-order chi connectivity index (χ1) is 11.9. The van der Waals surface area contributed by atoms with Crippen molar-refractivity contribution in [3.8, 4) is 0 Å². The standard InChI is InChI=1S/C18H23N3O4/c1-11-13(18(24)25)4-3-8-21(11)17(23)12-5-6-15-14(10-12)19-16(22)7-9-20(15)2/h5-6,10-11,13H,3-4,7-9H2,1-2H3,(H,19,22)(H,24,25)/t11-,13-/m1/s1. The van der Waals surface area contributed by atoms with Crippen molar-refractivity contribution >= 4 is 29.2 Å². The number of carboxylic acids is 1. The molecule has 1 aromatic carbocycles. The van der Waals surface area contributed by atoms with E-state index in [4.69, 9.17) is 0 Å². The van der Waals surface area contributed by atoms with Gasteiger partial charge in [0.05, 0.1) is 17.3 Å². The molecule has 7 heteroatoms. The van der Waals surface area contributed by atoms with Crippen molar-refractivity contribution in [1.29, 1.82) is 0 Å². The highest BCUT2D eigenvalue weighted by Crippen LogP contribution is 2.31. The average molecular weight is 345 g/mol. The predicted octanol–water partition coefficient (Wildman–Crippen LogP) is 1.79. The van der Waals surface area contributed by atoms with Crippen LogP contribution in [0.25, 0.3) is 0 Å². The molecule has 134 valence electrons. The van der Waals surface area contributed by atoms with E-state index in [1.165, 1.54) is 0 Å². The van der Waals surface area contributed by atoms with Crippen LogP contribution in [0.4, 0.5) is 11.4 Å². The number of rotatable bonds is 2. The van der Waals surface area contributed by atoms with Crippen LogP contribution in [-0.4, -0.2) is 54.0 Å². The third kappa shape index (κ3) is 3.31. The molecular weight excluding hydrogens is 322 g/mol. The molecule has 0 aliphatic carbocycles. The lowest BCUT2D eigenvalue weighted by Gasteiger charge is -2.37. The van der Waals surface area contributed by atoms with Gasteiger partial charge >= 0.3 is 5.97 Å². The van der Waals surface area contributed by atoms with E-state index in [-0.39, 0.29) is 17.9 Å². The zero-order chi connectivity index (χ0) is 18.1. The summed E-state index contributed by atoms with van der Waals surface area (Å²) in [6.07, 6.45) is 1.67. The summed E-state index contributed by atoms with van der Waals surface area (Å²) >= 11 is 0. The Morgan fingerprint density at radius 1 is 1.28 bits per heavy atom. The summed E-state index contributed by atoms with van der Waals surface area (Å²) < 4.78 is 0. The smallest absolute Gasteiger partial charge is 0.308 e. The Morgan fingerprint density at radius 3 is 2.76 bits per heavy atom. The number of nitrogens with one attached hydrogen (secondary N) is 1. The molecule has 7 nitrogen and oxygen atoms in total. The number of fused-ring (bicyclic) bond motifs is 1. The van der Waals surface area contributed by atoms with Gasteiger partial charge in [-0.25, -0.2) is 0 Å². The minimum atomic E-state index is -0.860. The molecule has 1 saturated heterocycles. The van der Waals surface area contributed by atoms with Crippen molar-refractivity contribution < 1.29 is 19.5 Å². The highest BCUT2D eigenvalue weighted by Gasteiger charge is 2.35. The Morgan fingerprint density at radius 2 is 2.04 bits per heavy atom. The molecular formula is C18H23N3O4. The largest absolute Gasteiger partial charge is 0.481 e. The van der Waals surface area contributed by atoms with Crippen LogP contribution in [-0.2, 0) is 9.59 Å². The van der Waals surface area contributed by atoms with E-state index < -0.39 is 11.9 Å². The van der Waals surface area contributed by atoms with Crippen LogP contribution in [0.3, 0.4) is 0 Å². The third-order valence-corrected chi connectivity index (χ3v) is 5.17. The number of hydrogen-bond donors (Lipinski definition) is 2. The highest BCUT2D eigenvalue weighted by molar-refractivity contribution is 6.01. The van der Waals surface area contributed by atoms with Gasteiger partial charge in [0.2, 0.25) is 5.91 Å². The minimum absolute atomic E-state index is 0.0764. The first kappa shape index (κ1) is 17.3. The molecule has 2 N–H and O–H groups in total. The Balaban J connectivity index is 1.88. The number of carbonyl (C=O) groups excluding carboxylic acids is 2.